The van der Waals surface area contributed by atoms with Crippen LogP contribution in [0.3, 0.4) is 0 Å². The summed E-state index contributed by atoms with van der Waals surface area (Å²) in [5.41, 5.74) is 2.16. The van der Waals surface area contributed by atoms with E-state index in [0.717, 1.165) is 11.1 Å². The first-order valence-corrected chi connectivity index (χ1v) is 16.1. The molecule has 0 aromatic heterocycles. The second kappa shape index (κ2) is 13.1. The molecule has 5 rings (SSSR count). The highest BCUT2D eigenvalue weighted by Gasteiger charge is 2.50. The lowest BCUT2D eigenvalue weighted by molar-refractivity contribution is -0.261. The molecule has 208 valence electrons. The van der Waals surface area contributed by atoms with Crippen LogP contribution in [0.5, 0.6) is 0 Å². The van der Waals surface area contributed by atoms with E-state index in [-0.39, 0.29) is 17.2 Å². The Kier molecular flexibility index (Phi) is 9.30. The van der Waals surface area contributed by atoms with Crippen LogP contribution < -0.4 is 10.4 Å². The molecular formula is C35H40O4Si. The predicted molar refractivity (Wildman–Crippen MR) is 163 cm³/mol. The molecule has 0 amide bonds. The van der Waals surface area contributed by atoms with Gasteiger partial charge in [0.25, 0.3) is 8.32 Å². The van der Waals surface area contributed by atoms with Gasteiger partial charge in [0.15, 0.2) is 6.29 Å². The SMILES string of the molecule is CC(C)(C)[Si](OC[C@H]1C[C@@H](COCc2ccccc2)O[C@@H](c2ccccc2)O1)(c1ccccc1)c1ccccc1. The van der Waals surface area contributed by atoms with Crippen molar-refractivity contribution in [3.63, 3.8) is 0 Å². The van der Waals surface area contributed by atoms with Gasteiger partial charge in [0.1, 0.15) is 0 Å². The Morgan fingerprint density at radius 2 is 1.12 bits per heavy atom. The van der Waals surface area contributed by atoms with Gasteiger partial charge in [0.2, 0.25) is 0 Å². The van der Waals surface area contributed by atoms with Gasteiger partial charge in [-0.3, -0.25) is 0 Å². The number of hydrogen-bond donors (Lipinski definition) is 0. The summed E-state index contributed by atoms with van der Waals surface area (Å²) < 4.78 is 26.3. The van der Waals surface area contributed by atoms with E-state index in [4.69, 9.17) is 18.6 Å². The normalized spacial score (nSPS) is 19.8. The molecule has 0 spiro atoms. The fraction of sp³-hybridized carbons (Fsp3) is 0.314. The second-order valence-electron chi connectivity index (χ2n) is 11.5. The Labute approximate surface area is 240 Å². The molecule has 1 aliphatic rings. The summed E-state index contributed by atoms with van der Waals surface area (Å²) in [4.78, 5) is 0. The topological polar surface area (TPSA) is 36.9 Å². The van der Waals surface area contributed by atoms with Crippen LogP contribution in [-0.2, 0) is 25.2 Å². The van der Waals surface area contributed by atoms with Crippen LogP contribution in [-0.4, -0.2) is 33.7 Å². The lowest BCUT2D eigenvalue weighted by Crippen LogP contribution is -2.67. The number of ether oxygens (including phenoxy) is 3. The van der Waals surface area contributed by atoms with E-state index >= 15 is 0 Å². The van der Waals surface area contributed by atoms with Crippen molar-refractivity contribution in [1.29, 1.82) is 0 Å². The summed E-state index contributed by atoms with van der Waals surface area (Å²) >= 11 is 0. The smallest absolute Gasteiger partial charge is 0.261 e. The van der Waals surface area contributed by atoms with Gasteiger partial charge in [-0.1, -0.05) is 142 Å². The van der Waals surface area contributed by atoms with Crippen molar-refractivity contribution in [1.82, 2.24) is 0 Å². The van der Waals surface area contributed by atoms with Gasteiger partial charge in [-0.15, -0.1) is 0 Å². The molecule has 1 saturated heterocycles. The molecule has 0 bridgehead atoms. The van der Waals surface area contributed by atoms with Crippen molar-refractivity contribution < 1.29 is 18.6 Å². The molecular weight excluding hydrogens is 512 g/mol. The summed E-state index contributed by atoms with van der Waals surface area (Å²) in [6, 6.07) is 41.9. The highest BCUT2D eigenvalue weighted by atomic mass is 28.4. The molecule has 5 heteroatoms. The molecule has 0 saturated carbocycles. The summed E-state index contributed by atoms with van der Waals surface area (Å²) in [7, 11) is -2.68. The molecule has 1 aliphatic heterocycles. The maximum atomic E-state index is 7.23. The highest BCUT2D eigenvalue weighted by Crippen LogP contribution is 2.38. The first-order chi connectivity index (χ1) is 19.5. The number of rotatable bonds is 10. The van der Waals surface area contributed by atoms with E-state index in [0.29, 0.717) is 26.2 Å². The minimum absolute atomic E-state index is 0.0993. The van der Waals surface area contributed by atoms with Crippen molar-refractivity contribution in [3.05, 3.63) is 132 Å². The Morgan fingerprint density at radius 1 is 0.650 bits per heavy atom. The minimum atomic E-state index is -2.68. The molecule has 0 N–H and O–H groups in total. The monoisotopic (exact) mass is 552 g/mol. The van der Waals surface area contributed by atoms with Crippen molar-refractivity contribution in [2.24, 2.45) is 0 Å². The van der Waals surface area contributed by atoms with Crippen molar-refractivity contribution in [2.45, 2.75) is 57.3 Å². The van der Waals surface area contributed by atoms with Crippen molar-refractivity contribution in [3.8, 4) is 0 Å². The Hall–Kier alpha value is -3.06. The lowest BCUT2D eigenvalue weighted by Gasteiger charge is -2.44. The Bertz CT molecular complexity index is 1250. The average Bonchev–Trinajstić information content (AvgIpc) is 2.99. The maximum absolute atomic E-state index is 7.23. The van der Waals surface area contributed by atoms with E-state index in [1.807, 2.05) is 36.4 Å². The molecule has 4 aromatic carbocycles. The van der Waals surface area contributed by atoms with Gasteiger partial charge in [-0.05, 0) is 21.0 Å². The number of benzene rings is 4. The quantitative estimate of drug-likeness (QED) is 0.206. The van der Waals surface area contributed by atoms with Gasteiger partial charge in [0, 0.05) is 12.0 Å². The Balaban J connectivity index is 1.38. The van der Waals surface area contributed by atoms with Gasteiger partial charge < -0.3 is 18.6 Å². The predicted octanol–water partition coefficient (Wildman–Crippen LogP) is 6.65. The zero-order valence-corrected chi connectivity index (χ0v) is 24.7. The van der Waals surface area contributed by atoms with Crippen LogP contribution in [0.15, 0.2) is 121 Å². The van der Waals surface area contributed by atoms with Crippen LogP contribution in [0.25, 0.3) is 0 Å². The zero-order valence-electron chi connectivity index (χ0n) is 23.7. The lowest BCUT2D eigenvalue weighted by atomic mass is 10.1. The van der Waals surface area contributed by atoms with Crippen LogP contribution in [0.4, 0.5) is 0 Å². The van der Waals surface area contributed by atoms with Crippen molar-refractivity contribution >= 4 is 18.7 Å². The van der Waals surface area contributed by atoms with Gasteiger partial charge in [0.05, 0.1) is 32.0 Å². The minimum Gasteiger partial charge on any atom is -0.405 e. The molecule has 1 heterocycles. The Morgan fingerprint density at radius 3 is 1.65 bits per heavy atom. The van der Waals surface area contributed by atoms with Gasteiger partial charge in [-0.2, -0.15) is 0 Å². The standard InChI is InChI=1S/C35H40O4Si/c1-35(2,3)40(32-20-12-6-13-21-32,33-22-14-7-15-23-33)37-27-31-24-30(26-36-25-28-16-8-4-9-17-28)38-34(39-31)29-18-10-5-11-19-29/h4-23,30-31,34H,24-27H2,1-3H3/t30-,31+,34+/m0/s1. The fourth-order valence-corrected chi connectivity index (χ4v) is 10.2. The van der Waals surface area contributed by atoms with Crippen LogP contribution in [0.1, 0.15) is 44.6 Å². The van der Waals surface area contributed by atoms with Crippen LogP contribution >= 0.6 is 0 Å². The third-order valence-corrected chi connectivity index (χ3v) is 12.6. The largest absolute Gasteiger partial charge is 0.405 e. The average molecular weight is 553 g/mol. The van der Waals surface area contributed by atoms with Gasteiger partial charge in [-0.25, -0.2) is 0 Å². The highest BCUT2D eigenvalue weighted by molar-refractivity contribution is 6.99. The van der Waals surface area contributed by atoms with Crippen molar-refractivity contribution in [2.75, 3.05) is 13.2 Å². The zero-order chi connectivity index (χ0) is 27.8. The number of hydrogen-bond acceptors (Lipinski definition) is 4. The second-order valence-corrected chi connectivity index (χ2v) is 15.8. The van der Waals surface area contributed by atoms with E-state index in [2.05, 4.69) is 106 Å². The van der Waals surface area contributed by atoms with Gasteiger partial charge >= 0.3 is 0 Å². The third kappa shape index (κ3) is 6.62. The summed E-state index contributed by atoms with van der Waals surface area (Å²) in [6.07, 6.45) is 0.00504. The summed E-state index contributed by atoms with van der Waals surface area (Å²) in [5.74, 6) is 0. The van der Waals surface area contributed by atoms with E-state index in [9.17, 15) is 0 Å². The van der Waals surface area contributed by atoms with Crippen LogP contribution in [0, 0.1) is 0 Å². The van der Waals surface area contributed by atoms with E-state index in [1.54, 1.807) is 0 Å². The van der Waals surface area contributed by atoms with E-state index < -0.39 is 14.6 Å². The summed E-state index contributed by atoms with van der Waals surface area (Å²) in [5, 5.41) is 2.43. The third-order valence-electron chi connectivity index (χ3n) is 7.55. The molecule has 0 aliphatic carbocycles. The molecule has 4 nitrogen and oxygen atoms in total. The van der Waals surface area contributed by atoms with E-state index in [1.165, 1.54) is 10.4 Å². The molecule has 1 fully saturated rings. The molecule has 3 atom stereocenters. The maximum Gasteiger partial charge on any atom is 0.261 e. The summed E-state index contributed by atoms with van der Waals surface area (Å²) in [6.45, 7) is 8.44. The fourth-order valence-electron chi connectivity index (χ4n) is 5.63. The first kappa shape index (κ1) is 28.5. The molecule has 0 unspecified atom stereocenters. The first-order valence-electron chi connectivity index (χ1n) is 14.2. The van der Waals surface area contributed by atoms with Crippen LogP contribution in [0.2, 0.25) is 5.04 Å². The molecule has 0 radical (unpaired) electrons. The molecule has 40 heavy (non-hydrogen) atoms. The molecule has 4 aromatic rings.